The first kappa shape index (κ1) is 14.2. The Kier molecular flexibility index (Phi) is 3.56. The van der Waals surface area contributed by atoms with Gasteiger partial charge in [-0.15, -0.1) is 0 Å². The quantitative estimate of drug-likeness (QED) is 0.786. The lowest BCUT2D eigenvalue weighted by Crippen LogP contribution is -2.55. The van der Waals surface area contributed by atoms with Crippen LogP contribution in [0, 0.1) is 0 Å². The van der Waals surface area contributed by atoms with Crippen molar-refractivity contribution in [3.8, 4) is 17.0 Å². The predicted octanol–water partition coefficient (Wildman–Crippen LogP) is 1.15. The largest absolute Gasteiger partial charge is 0.497 e. The molecular formula is C15H17N5O2. The maximum Gasteiger partial charge on any atom is 0.197 e. The molecule has 0 aliphatic carbocycles. The molecule has 1 aliphatic heterocycles. The molecule has 4 N–H and O–H groups in total. The number of nitrogens with two attached hydrogens (primary N) is 1. The zero-order valence-corrected chi connectivity index (χ0v) is 12.3. The average molecular weight is 299 g/mol. The van der Waals surface area contributed by atoms with Gasteiger partial charge in [0.1, 0.15) is 11.4 Å². The number of aliphatic imine (C=N–C) groups is 1. The topological polar surface area (TPSA) is 97.7 Å². The van der Waals surface area contributed by atoms with Gasteiger partial charge in [0.05, 0.1) is 7.11 Å². The van der Waals surface area contributed by atoms with E-state index in [4.69, 9.17) is 15.0 Å². The fraction of sp³-hybridized carbons (Fsp3) is 0.200. The van der Waals surface area contributed by atoms with E-state index in [-0.39, 0.29) is 0 Å². The van der Waals surface area contributed by atoms with Crippen molar-refractivity contribution >= 4 is 5.96 Å². The molecule has 0 bridgehead atoms. The summed E-state index contributed by atoms with van der Waals surface area (Å²) in [5.41, 5.74) is 6.94. The molecule has 1 unspecified atom stereocenters. The van der Waals surface area contributed by atoms with E-state index in [1.807, 2.05) is 24.3 Å². The zero-order valence-electron chi connectivity index (χ0n) is 12.3. The van der Waals surface area contributed by atoms with E-state index in [1.54, 1.807) is 32.5 Å². The van der Waals surface area contributed by atoms with Gasteiger partial charge in [-0.3, -0.25) is 5.73 Å². The van der Waals surface area contributed by atoms with Gasteiger partial charge in [0.15, 0.2) is 17.4 Å². The molecule has 0 saturated carbocycles. The molecule has 2 aromatic rings. The van der Waals surface area contributed by atoms with Gasteiger partial charge in [0.25, 0.3) is 0 Å². The summed E-state index contributed by atoms with van der Waals surface area (Å²) < 4.78 is 10.6. The number of hydrogen-bond acceptors (Lipinski definition) is 7. The van der Waals surface area contributed by atoms with Crippen LogP contribution in [-0.2, 0) is 5.66 Å². The molecule has 2 heterocycles. The van der Waals surface area contributed by atoms with E-state index in [0.717, 1.165) is 11.3 Å². The number of nitrogens with zero attached hydrogens (tertiary/aromatic N) is 2. The summed E-state index contributed by atoms with van der Waals surface area (Å²) in [5, 5.41) is 10.0. The van der Waals surface area contributed by atoms with Gasteiger partial charge in [-0.1, -0.05) is 5.16 Å². The third-order valence-electron chi connectivity index (χ3n) is 3.41. The maximum absolute atomic E-state index is 6.31. The second-order valence-corrected chi connectivity index (χ2v) is 4.84. The molecule has 0 spiro atoms. The van der Waals surface area contributed by atoms with E-state index < -0.39 is 5.66 Å². The molecule has 7 nitrogen and oxygen atoms in total. The van der Waals surface area contributed by atoms with Gasteiger partial charge < -0.3 is 19.9 Å². The molecule has 114 valence electrons. The number of benzene rings is 1. The molecule has 1 atom stereocenters. The van der Waals surface area contributed by atoms with Crippen molar-refractivity contribution in [2.45, 2.75) is 5.66 Å². The van der Waals surface area contributed by atoms with Crippen molar-refractivity contribution in [1.82, 2.24) is 15.8 Å². The Morgan fingerprint density at radius 2 is 2.09 bits per heavy atom. The third-order valence-corrected chi connectivity index (χ3v) is 3.41. The van der Waals surface area contributed by atoms with Crippen LogP contribution in [-0.4, -0.2) is 25.3 Å². The Hall–Kier alpha value is -2.80. The number of methoxy groups -OCH3 is 1. The van der Waals surface area contributed by atoms with Gasteiger partial charge in [-0.05, 0) is 30.3 Å². The van der Waals surface area contributed by atoms with Crippen molar-refractivity contribution in [3.63, 3.8) is 0 Å². The smallest absolute Gasteiger partial charge is 0.197 e. The lowest BCUT2D eigenvalue weighted by Gasteiger charge is -2.27. The van der Waals surface area contributed by atoms with Crippen LogP contribution < -0.4 is 21.1 Å². The van der Waals surface area contributed by atoms with Crippen molar-refractivity contribution in [2.75, 3.05) is 14.2 Å². The minimum Gasteiger partial charge on any atom is -0.497 e. The van der Waals surface area contributed by atoms with Crippen LogP contribution in [0.2, 0.25) is 0 Å². The molecule has 3 rings (SSSR count). The lowest BCUT2D eigenvalue weighted by atomic mass is 10.1. The van der Waals surface area contributed by atoms with E-state index in [0.29, 0.717) is 17.4 Å². The van der Waals surface area contributed by atoms with Crippen LogP contribution in [0.15, 0.2) is 52.1 Å². The highest BCUT2D eigenvalue weighted by molar-refractivity contribution is 5.82. The van der Waals surface area contributed by atoms with Crippen LogP contribution in [0.4, 0.5) is 0 Å². The summed E-state index contributed by atoms with van der Waals surface area (Å²) in [6, 6.07) is 9.36. The highest BCUT2D eigenvalue weighted by atomic mass is 16.5. The molecule has 0 radical (unpaired) electrons. The number of aromatic nitrogens is 1. The van der Waals surface area contributed by atoms with Gasteiger partial charge in [-0.2, -0.15) is 0 Å². The van der Waals surface area contributed by atoms with Crippen LogP contribution >= 0.6 is 0 Å². The Labute approximate surface area is 127 Å². The molecule has 1 aromatic carbocycles. The summed E-state index contributed by atoms with van der Waals surface area (Å²) in [7, 11) is 3.39. The van der Waals surface area contributed by atoms with Crippen molar-refractivity contribution in [3.05, 3.63) is 48.4 Å². The maximum atomic E-state index is 6.31. The summed E-state index contributed by atoms with van der Waals surface area (Å²) in [6.45, 7) is 0. The summed E-state index contributed by atoms with van der Waals surface area (Å²) in [5.74, 6) is 1.85. The molecule has 0 fully saturated rings. The van der Waals surface area contributed by atoms with Crippen molar-refractivity contribution in [2.24, 2.45) is 10.7 Å². The molecule has 0 amide bonds. The Morgan fingerprint density at radius 3 is 2.77 bits per heavy atom. The minimum absolute atomic E-state index is 0.497. The summed E-state index contributed by atoms with van der Waals surface area (Å²) in [6.07, 6.45) is 3.34. The molecule has 1 aromatic heterocycles. The number of rotatable bonds is 3. The normalized spacial score (nSPS) is 20.2. The van der Waals surface area contributed by atoms with Gasteiger partial charge in [0, 0.05) is 24.9 Å². The lowest BCUT2D eigenvalue weighted by molar-refractivity contribution is 0.313. The average Bonchev–Trinajstić information content (AvgIpc) is 3.06. The predicted molar refractivity (Wildman–Crippen MR) is 83.1 cm³/mol. The van der Waals surface area contributed by atoms with Gasteiger partial charge in [0.2, 0.25) is 0 Å². The second-order valence-electron chi connectivity index (χ2n) is 4.84. The first-order valence-electron chi connectivity index (χ1n) is 6.76. The Balaban J connectivity index is 1.87. The fourth-order valence-electron chi connectivity index (χ4n) is 2.14. The zero-order chi connectivity index (χ0) is 15.6. The van der Waals surface area contributed by atoms with Crippen molar-refractivity contribution < 1.29 is 9.26 Å². The third kappa shape index (κ3) is 2.53. The Bertz CT molecular complexity index is 720. The van der Waals surface area contributed by atoms with Crippen LogP contribution in [0.3, 0.4) is 0 Å². The monoisotopic (exact) mass is 299 g/mol. The van der Waals surface area contributed by atoms with E-state index in [9.17, 15) is 0 Å². The second kappa shape index (κ2) is 5.53. The van der Waals surface area contributed by atoms with Crippen LogP contribution in [0.5, 0.6) is 5.75 Å². The summed E-state index contributed by atoms with van der Waals surface area (Å²) >= 11 is 0. The number of guanidine groups is 1. The molecule has 1 aliphatic rings. The number of ether oxygens (including phenoxy) is 1. The van der Waals surface area contributed by atoms with E-state index in [1.165, 1.54) is 0 Å². The first-order valence-corrected chi connectivity index (χ1v) is 6.76. The standard InChI is InChI=1S/C15H17N5O2/c1-17-14-18-8-7-15(16,19-14)13-9-12(20-22-13)10-3-5-11(21-2)6-4-10/h3-9H,16H2,1-2H3,(H2,17,18,19). The minimum atomic E-state index is -0.988. The summed E-state index contributed by atoms with van der Waals surface area (Å²) in [4.78, 5) is 4.11. The van der Waals surface area contributed by atoms with Gasteiger partial charge in [-0.25, -0.2) is 4.99 Å². The van der Waals surface area contributed by atoms with E-state index >= 15 is 0 Å². The Morgan fingerprint density at radius 1 is 1.32 bits per heavy atom. The molecule has 22 heavy (non-hydrogen) atoms. The number of hydrogen-bond donors (Lipinski definition) is 3. The fourth-order valence-corrected chi connectivity index (χ4v) is 2.14. The van der Waals surface area contributed by atoms with Crippen LogP contribution in [0.25, 0.3) is 11.3 Å². The van der Waals surface area contributed by atoms with Crippen molar-refractivity contribution in [1.29, 1.82) is 0 Å². The van der Waals surface area contributed by atoms with Gasteiger partial charge >= 0.3 is 0 Å². The molecular weight excluding hydrogens is 282 g/mol. The highest BCUT2D eigenvalue weighted by Gasteiger charge is 2.32. The number of nitrogens with one attached hydrogen (secondary N) is 2. The highest BCUT2D eigenvalue weighted by Crippen LogP contribution is 2.26. The van der Waals surface area contributed by atoms with E-state index in [2.05, 4.69) is 20.8 Å². The molecule has 7 heteroatoms. The first-order chi connectivity index (χ1) is 10.6. The SMILES string of the molecule is CNC1=NC=CC(N)(c2cc(-c3ccc(OC)cc3)no2)N1. The molecule has 0 saturated heterocycles. The van der Waals surface area contributed by atoms with Crippen LogP contribution in [0.1, 0.15) is 5.76 Å².